The minimum Gasteiger partial charge on any atom is -0.394 e. The molecule has 0 aliphatic carbocycles. The first kappa shape index (κ1) is 29.0. The van der Waals surface area contributed by atoms with Crippen molar-refractivity contribution in [2.24, 2.45) is 5.73 Å². The van der Waals surface area contributed by atoms with Gasteiger partial charge in [-0.25, -0.2) is 0 Å². The van der Waals surface area contributed by atoms with E-state index in [1.165, 1.54) is 0 Å². The molecule has 0 aromatic heterocycles. The highest BCUT2D eigenvalue weighted by Crippen LogP contribution is 2.30. The first-order chi connectivity index (χ1) is 16.7. The highest BCUT2D eigenvalue weighted by molar-refractivity contribution is 4.90. The summed E-state index contributed by atoms with van der Waals surface area (Å²) in [5.41, 5.74) is 5.48. The maximum absolute atomic E-state index is 10.9. The minimum absolute atomic E-state index is 0.0244. The van der Waals surface area contributed by atoms with Gasteiger partial charge in [0.1, 0.15) is 48.8 Å². The van der Waals surface area contributed by atoms with Crippen LogP contribution in [-0.4, -0.2) is 154 Å². The Kier molecular flexibility index (Phi) is 11.0. The van der Waals surface area contributed by atoms with Crippen LogP contribution in [0.3, 0.4) is 0 Å². The summed E-state index contributed by atoms with van der Waals surface area (Å²) in [5.74, 6) is 0. The van der Waals surface area contributed by atoms with Gasteiger partial charge in [-0.15, -0.1) is 0 Å². The van der Waals surface area contributed by atoms with Crippen molar-refractivity contribution in [3.63, 3.8) is 0 Å². The second-order valence-electron chi connectivity index (χ2n) is 8.79. The number of aliphatic hydroxyl groups is 8. The van der Waals surface area contributed by atoms with Crippen molar-refractivity contribution >= 4 is 0 Å². The van der Waals surface area contributed by atoms with Crippen molar-refractivity contribution in [3.8, 4) is 0 Å². The molecule has 13 atom stereocenters. The van der Waals surface area contributed by atoms with Gasteiger partial charge in [0.05, 0.1) is 38.6 Å². The molecule has 0 bridgehead atoms. The molecule has 3 heterocycles. The van der Waals surface area contributed by atoms with E-state index >= 15 is 0 Å². The Labute approximate surface area is 201 Å². The van der Waals surface area contributed by atoms with Gasteiger partial charge >= 0.3 is 0 Å². The molecule has 15 nitrogen and oxygen atoms in total. The molecule has 0 saturated carbocycles. The van der Waals surface area contributed by atoms with Crippen LogP contribution in [0.25, 0.3) is 0 Å². The van der Waals surface area contributed by atoms with Crippen LogP contribution in [0, 0.1) is 0 Å². The van der Waals surface area contributed by atoms with E-state index in [4.69, 9.17) is 34.2 Å². The Morgan fingerprint density at radius 2 is 1.37 bits per heavy atom. The Morgan fingerprint density at radius 3 is 2.03 bits per heavy atom. The summed E-state index contributed by atoms with van der Waals surface area (Å²) >= 11 is 0. The summed E-state index contributed by atoms with van der Waals surface area (Å²) in [5, 5.41) is 79.7. The van der Waals surface area contributed by atoms with Crippen LogP contribution in [0.1, 0.15) is 12.8 Å². The molecule has 3 aliphatic rings. The van der Waals surface area contributed by atoms with Crippen molar-refractivity contribution in [2.75, 3.05) is 33.0 Å². The molecule has 10 N–H and O–H groups in total. The third-order valence-electron chi connectivity index (χ3n) is 6.23. The van der Waals surface area contributed by atoms with Gasteiger partial charge in [-0.2, -0.15) is 0 Å². The molecule has 206 valence electrons. The monoisotopic (exact) mass is 515 g/mol. The van der Waals surface area contributed by atoms with Crippen molar-refractivity contribution in [1.82, 2.24) is 0 Å². The van der Waals surface area contributed by atoms with Crippen molar-refractivity contribution in [1.29, 1.82) is 0 Å². The van der Waals surface area contributed by atoms with Crippen LogP contribution in [0.15, 0.2) is 0 Å². The van der Waals surface area contributed by atoms with Gasteiger partial charge < -0.3 is 75.0 Å². The third-order valence-corrected chi connectivity index (χ3v) is 6.23. The Balaban J connectivity index is 1.65. The normalized spacial score (nSPS) is 47.1. The van der Waals surface area contributed by atoms with E-state index in [1.54, 1.807) is 0 Å². The first-order valence-electron chi connectivity index (χ1n) is 11.5. The van der Waals surface area contributed by atoms with Crippen LogP contribution in [0.5, 0.6) is 0 Å². The highest BCUT2D eigenvalue weighted by Gasteiger charge is 2.47. The Hall–Kier alpha value is -0.600. The molecule has 0 aromatic rings. The number of nitrogens with two attached hydrogens (primary N) is 1. The van der Waals surface area contributed by atoms with E-state index in [9.17, 15) is 40.9 Å². The maximum atomic E-state index is 10.9. The molecular weight excluding hydrogens is 478 g/mol. The zero-order chi connectivity index (χ0) is 25.7. The summed E-state index contributed by atoms with van der Waals surface area (Å²) in [4.78, 5) is 0. The molecule has 0 radical (unpaired) electrons. The predicted octanol–water partition coefficient (Wildman–Crippen LogP) is -5.53. The fourth-order valence-corrected chi connectivity index (χ4v) is 4.20. The average Bonchev–Trinajstić information content (AvgIpc) is 2.84. The quantitative estimate of drug-likeness (QED) is 0.132. The fourth-order valence-electron chi connectivity index (χ4n) is 4.20. The zero-order valence-corrected chi connectivity index (χ0v) is 19.1. The largest absolute Gasteiger partial charge is 0.394 e. The second kappa shape index (κ2) is 13.3. The van der Waals surface area contributed by atoms with Gasteiger partial charge in [0.15, 0.2) is 18.9 Å². The number of aliphatic hydroxyl groups excluding tert-OH is 8. The Morgan fingerprint density at radius 1 is 0.686 bits per heavy atom. The minimum atomic E-state index is -1.64. The van der Waals surface area contributed by atoms with E-state index in [2.05, 4.69) is 0 Å². The molecule has 3 saturated heterocycles. The van der Waals surface area contributed by atoms with Crippen LogP contribution in [0.2, 0.25) is 0 Å². The fraction of sp³-hybridized carbons (Fsp3) is 1.00. The van der Waals surface area contributed by atoms with Crippen molar-refractivity contribution in [3.05, 3.63) is 0 Å². The summed E-state index contributed by atoms with van der Waals surface area (Å²) < 4.78 is 33.3. The van der Waals surface area contributed by atoms with Crippen molar-refractivity contribution < 1.29 is 69.3 Å². The summed E-state index contributed by atoms with van der Waals surface area (Å²) in [7, 11) is 0. The highest BCUT2D eigenvalue weighted by atomic mass is 16.7. The maximum Gasteiger partial charge on any atom is 0.186 e. The van der Waals surface area contributed by atoms with Gasteiger partial charge in [-0.05, 0) is 0 Å². The van der Waals surface area contributed by atoms with Crippen LogP contribution in [0.4, 0.5) is 0 Å². The topological polar surface area (TPSA) is 243 Å². The number of rotatable bonds is 10. The number of hydrogen-bond acceptors (Lipinski definition) is 15. The predicted molar refractivity (Wildman–Crippen MR) is 111 cm³/mol. The lowest BCUT2D eigenvalue weighted by atomic mass is 9.99. The lowest BCUT2D eigenvalue weighted by molar-refractivity contribution is -0.337. The first-order valence-corrected chi connectivity index (χ1v) is 11.5. The number of ether oxygens (including phenoxy) is 6. The van der Waals surface area contributed by atoms with Crippen LogP contribution >= 0.6 is 0 Å². The molecule has 15 heteroatoms. The summed E-state index contributed by atoms with van der Waals surface area (Å²) in [6.45, 7) is -1.18. The van der Waals surface area contributed by atoms with Crippen molar-refractivity contribution in [2.45, 2.75) is 92.8 Å². The second-order valence-corrected chi connectivity index (χ2v) is 8.79. The van der Waals surface area contributed by atoms with E-state index in [-0.39, 0.29) is 32.6 Å². The molecule has 0 spiro atoms. The van der Waals surface area contributed by atoms with Gasteiger partial charge in [0.2, 0.25) is 0 Å². The van der Waals surface area contributed by atoms with Crippen LogP contribution in [-0.2, 0) is 28.4 Å². The van der Waals surface area contributed by atoms with E-state index in [1.807, 2.05) is 0 Å². The molecule has 3 aliphatic heterocycles. The van der Waals surface area contributed by atoms with Crippen LogP contribution < -0.4 is 5.73 Å². The molecule has 0 amide bonds. The third kappa shape index (κ3) is 7.04. The molecular formula is C20H37NO14. The Bertz CT molecular complexity index is 631. The number of hydrogen-bond donors (Lipinski definition) is 9. The molecule has 7 unspecified atom stereocenters. The van der Waals surface area contributed by atoms with Gasteiger partial charge in [-0.3, -0.25) is 0 Å². The zero-order valence-electron chi connectivity index (χ0n) is 19.1. The molecule has 3 fully saturated rings. The van der Waals surface area contributed by atoms with E-state index in [0.717, 1.165) is 0 Å². The lowest BCUT2D eigenvalue weighted by Gasteiger charge is -2.44. The van der Waals surface area contributed by atoms with Gasteiger partial charge in [-0.1, -0.05) is 0 Å². The SMILES string of the molecule is NCCO[C@@H]1CC(O[C@H]2OC(CO)[C@@H](O)CC2O)[C@H](O)C(CO[C@H]2OC(CO)[C@@H](O)C(O)C2O)O1. The molecule has 0 aromatic carbocycles. The van der Waals surface area contributed by atoms with E-state index < -0.39 is 93.1 Å². The van der Waals surface area contributed by atoms with E-state index in [0.29, 0.717) is 0 Å². The summed E-state index contributed by atoms with van der Waals surface area (Å²) in [6, 6.07) is 0. The van der Waals surface area contributed by atoms with Gasteiger partial charge in [0.25, 0.3) is 0 Å². The molecule has 35 heavy (non-hydrogen) atoms. The van der Waals surface area contributed by atoms with Gasteiger partial charge in [0, 0.05) is 19.4 Å². The molecule has 3 rings (SSSR count). The standard InChI is InChI=1S/C20H37NO14/c21-1-2-30-14-4-10(33-19-9(25)3-8(24)11(5-22)34-19)15(26)13(32-14)7-31-20-18(29)17(28)16(27)12(6-23)35-20/h8-20,22-29H,1-7,21H2/t8-,9?,10?,11?,12?,13?,14-,15-,16+,17?,18?,19-,20-/m0/s1. The summed E-state index contributed by atoms with van der Waals surface area (Å²) in [6.07, 6.45) is -16.4. The lowest BCUT2D eigenvalue weighted by Crippen LogP contribution is -2.60. The smallest absolute Gasteiger partial charge is 0.186 e. The average molecular weight is 516 g/mol.